The van der Waals surface area contributed by atoms with Crippen molar-refractivity contribution in [3.05, 3.63) is 18.2 Å². The van der Waals surface area contributed by atoms with E-state index in [0.717, 1.165) is 0 Å². The number of carbonyl (C=O) groups is 5. The average Bonchev–Trinajstić information content (AvgIpc) is 3.26. The predicted octanol–water partition coefficient (Wildman–Crippen LogP) is -3.99. The molecule has 1 aromatic rings. The minimum Gasteiger partial charge on any atom is -0.480 e. The molecule has 32 heavy (non-hydrogen) atoms. The van der Waals surface area contributed by atoms with E-state index in [4.69, 9.17) is 16.6 Å². The van der Waals surface area contributed by atoms with Gasteiger partial charge < -0.3 is 42.6 Å². The number of imidazole rings is 1. The Bertz CT molecular complexity index is 805. The molecule has 0 aromatic carbocycles. The molecule has 4 unspecified atom stereocenters. The summed E-state index contributed by atoms with van der Waals surface area (Å²) < 4.78 is 0. The largest absolute Gasteiger partial charge is 0.480 e. The summed E-state index contributed by atoms with van der Waals surface area (Å²) in [6.07, 6.45) is 2.26. The van der Waals surface area contributed by atoms with Gasteiger partial charge in [0.15, 0.2) is 0 Å². The maximum atomic E-state index is 12.8. The van der Waals surface area contributed by atoms with Crippen molar-refractivity contribution in [2.45, 2.75) is 43.4 Å². The molecule has 0 aliphatic carbocycles. The van der Waals surface area contributed by atoms with Gasteiger partial charge in [-0.05, 0) is 6.42 Å². The van der Waals surface area contributed by atoms with E-state index < -0.39 is 60.4 Å². The van der Waals surface area contributed by atoms with E-state index in [9.17, 15) is 29.1 Å². The van der Waals surface area contributed by atoms with Crippen molar-refractivity contribution < 1.29 is 34.2 Å². The molecule has 1 aromatic heterocycles. The third-order valence-corrected chi connectivity index (χ3v) is 4.62. The summed E-state index contributed by atoms with van der Waals surface area (Å²) in [7, 11) is 0. The molecule has 0 aliphatic rings. The average molecular weight is 474 g/mol. The number of aliphatic carboxylic acids is 1. The summed E-state index contributed by atoms with van der Waals surface area (Å²) >= 11 is 4.01. The molecule has 0 aliphatic heterocycles. The minimum atomic E-state index is -1.41. The Morgan fingerprint density at radius 3 is 2.16 bits per heavy atom. The van der Waals surface area contributed by atoms with Crippen LogP contribution < -0.4 is 27.4 Å². The minimum absolute atomic E-state index is 0.0347. The van der Waals surface area contributed by atoms with E-state index in [0.29, 0.717) is 5.69 Å². The molecule has 0 radical (unpaired) electrons. The molecular formula is C17H27N7O7S. The number of carboxylic acids is 1. The molecular weight excluding hydrogens is 446 g/mol. The quantitative estimate of drug-likeness (QED) is 0.119. The smallest absolute Gasteiger partial charge is 0.326 e. The Morgan fingerprint density at radius 1 is 1.06 bits per heavy atom. The highest BCUT2D eigenvalue weighted by molar-refractivity contribution is 7.80. The van der Waals surface area contributed by atoms with E-state index in [1.807, 2.05) is 0 Å². The number of nitrogens with zero attached hydrogens (tertiary/aromatic N) is 1. The number of thiol groups is 1. The number of aromatic nitrogens is 2. The van der Waals surface area contributed by atoms with E-state index in [2.05, 4.69) is 38.5 Å². The second-order valence-corrected chi connectivity index (χ2v) is 7.14. The molecule has 4 amide bonds. The zero-order chi connectivity index (χ0) is 24.3. The molecule has 1 heterocycles. The molecule has 0 fully saturated rings. The van der Waals surface area contributed by atoms with Gasteiger partial charge in [-0.1, -0.05) is 0 Å². The first-order valence-corrected chi connectivity index (χ1v) is 10.1. The molecule has 1 rings (SSSR count). The van der Waals surface area contributed by atoms with Crippen LogP contribution in [0, 0.1) is 0 Å². The lowest BCUT2D eigenvalue weighted by atomic mass is 10.1. The fourth-order valence-electron chi connectivity index (χ4n) is 2.47. The maximum absolute atomic E-state index is 12.8. The van der Waals surface area contributed by atoms with Gasteiger partial charge in [-0.2, -0.15) is 12.6 Å². The summed E-state index contributed by atoms with van der Waals surface area (Å²) in [5, 5.41) is 25.2. The molecule has 0 bridgehead atoms. The molecule has 4 atom stereocenters. The second-order valence-electron chi connectivity index (χ2n) is 6.78. The number of rotatable bonds is 14. The first-order chi connectivity index (χ1) is 15.1. The van der Waals surface area contributed by atoms with Crippen LogP contribution in [0.4, 0.5) is 0 Å². The molecule has 15 heteroatoms. The number of nitrogens with one attached hydrogen (secondary N) is 4. The number of nitrogens with two attached hydrogens (primary N) is 2. The normalized spacial score (nSPS) is 14.5. The van der Waals surface area contributed by atoms with Crippen molar-refractivity contribution in [1.82, 2.24) is 25.9 Å². The topological polar surface area (TPSA) is 243 Å². The van der Waals surface area contributed by atoms with Gasteiger partial charge >= 0.3 is 5.97 Å². The van der Waals surface area contributed by atoms with E-state index in [1.54, 1.807) is 0 Å². The third-order valence-electron chi connectivity index (χ3n) is 4.25. The van der Waals surface area contributed by atoms with Gasteiger partial charge in [-0.25, -0.2) is 9.78 Å². The lowest BCUT2D eigenvalue weighted by Gasteiger charge is -2.24. The Balaban J connectivity index is 2.88. The van der Waals surface area contributed by atoms with Crippen LogP contribution >= 0.6 is 12.6 Å². The summed E-state index contributed by atoms with van der Waals surface area (Å²) in [6, 6.07) is -5.12. The van der Waals surface area contributed by atoms with Crippen LogP contribution in [-0.2, 0) is 30.4 Å². The van der Waals surface area contributed by atoms with Crippen LogP contribution in [0.15, 0.2) is 12.5 Å². The number of amides is 4. The summed E-state index contributed by atoms with van der Waals surface area (Å²) in [5.41, 5.74) is 11.0. The first-order valence-electron chi connectivity index (χ1n) is 9.45. The van der Waals surface area contributed by atoms with Crippen molar-refractivity contribution in [2.75, 3.05) is 12.4 Å². The summed E-state index contributed by atoms with van der Waals surface area (Å²) in [5.74, 6) is -4.74. The van der Waals surface area contributed by atoms with Crippen molar-refractivity contribution in [3.63, 3.8) is 0 Å². The number of carbonyl (C=O) groups excluding carboxylic acids is 4. The number of aromatic amines is 1. The Morgan fingerprint density at radius 2 is 1.66 bits per heavy atom. The molecule has 14 nitrogen and oxygen atoms in total. The zero-order valence-electron chi connectivity index (χ0n) is 17.0. The number of primary amides is 1. The lowest BCUT2D eigenvalue weighted by Crippen LogP contribution is -2.58. The Labute approximate surface area is 188 Å². The molecule has 178 valence electrons. The van der Waals surface area contributed by atoms with Gasteiger partial charge in [0.2, 0.25) is 23.6 Å². The fourth-order valence-corrected chi connectivity index (χ4v) is 2.73. The number of hydrogen-bond donors (Lipinski definition) is 9. The second kappa shape index (κ2) is 13.3. The van der Waals surface area contributed by atoms with Gasteiger partial charge in [-0.3, -0.25) is 19.2 Å². The van der Waals surface area contributed by atoms with Crippen LogP contribution in [0.1, 0.15) is 18.5 Å². The highest BCUT2D eigenvalue weighted by Gasteiger charge is 2.30. The van der Waals surface area contributed by atoms with Gasteiger partial charge in [0.05, 0.1) is 12.9 Å². The van der Waals surface area contributed by atoms with Crippen molar-refractivity contribution in [2.24, 2.45) is 11.5 Å². The third kappa shape index (κ3) is 8.91. The summed E-state index contributed by atoms with van der Waals surface area (Å²) in [6.45, 7) is -0.645. The lowest BCUT2D eigenvalue weighted by molar-refractivity contribution is -0.142. The summed E-state index contributed by atoms with van der Waals surface area (Å²) in [4.78, 5) is 66.1. The maximum Gasteiger partial charge on any atom is 0.326 e. The first kappa shape index (κ1) is 26.9. The zero-order valence-corrected chi connectivity index (χ0v) is 17.9. The molecule has 0 saturated carbocycles. The van der Waals surface area contributed by atoms with Crippen molar-refractivity contribution in [3.8, 4) is 0 Å². The van der Waals surface area contributed by atoms with E-state index in [1.165, 1.54) is 12.5 Å². The van der Waals surface area contributed by atoms with Crippen LogP contribution in [0.25, 0.3) is 0 Å². The monoisotopic (exact) mass is 473 g/mol. The van der Waals surface area contributed by atoms with Crippen molar-refractivity contribution in [1.29, 1.82) is 0 Å². The SMILES string of the molecule is NC(=O)CCC(NC(=O)C(CS)NC(=O)C(Cc1cnc[nH]1)NC(=O)C(N)CO)C(=O)O. The predicted molar refractivity (Wildman–Crippen MR) is 113 cm³/mol. The number of aliphatic hydroxyl groups is 1. The number of carboxylic acid groups (broad SMARTS) is 1. The van der Waals surface area contributed by atoms with Crippen LogP contribution in [0.2, 0.25) is 0 Å². The number of H-pyrrole nitrogens is 1. The highest BCUT2D eigenvalue weighted by atomic mass is 32.1. The van der Waals surface area contributed by atoms with Gasteiger partial charge in [0, 0.05) is 30.5 Å². The van der Waals surface area contributed by atoms with E-state index in [-0.39, 0.29) is 25.0 Å². The number of aliphatic hydroxyl groups excluding tert-OH is 1. The van der Waals surface area contributed by atoms with Gasteiger partial charge in [0.1, 0.15) is 24.2 Å². The van der Waals surface area contributed by atoms with Gasteiger partial charge in [-0.15, -0.1) is 0 Å². The number of hydrogen-bond acceptors (Lipinski definition) is 9. The molecule has 0 saturated heterocycles. The standard InChI is InChI=1S/C17H27N7O7S/c18-9(5-25)14(27)23-11(3-8-4-20-7-21-8)15(28)24-12(6-32)16(29)22-10(17(30)31)1-2-13(19)26/h4,7,9-12,25,32H,1-3,5-6,18H2,(H2,19,26)(H,20,21)(H,22,29)(H,23,27)(H,24,28)(H,30,31). The van der Waals surface area contributed by atoms with Crippen molar-refractivity contribution >= 4 is 42.2 Å². The Kier molecular flexibility index (Phi) is 11.2. The van der Waals surface area contributed by atoms with Crippen LogP contribution in [-0.4, -0.2) is 86.3 Å². The Hall–Kier alpha value is -3.17. The van der Waals surface area contributed by atoms with E-state index >= 15 is 0 Å². The fraction of sp³-hybridized carbons (Fsp3) is 0.529. The van der Waals surface area contributed by atoms with Gasteiger partial charge in [0.25, 0.3) is 0 Å². The van der Waals surface area contributed by atoms with Crippen LogP contribution in [0.3, 0.4) is 0 Å². The highest BCUT2D eigenvalue weighted by Crippen LogP contribution is 2.03. The van der Waals surface area contributed by atoms with Crippen LogP contribution in [0.5, 0.6) is 0 Å². The molecule has 10 N–H and O–H groups in total. The molecule has 0 spiro atoms.